The second kappa shape index (κ2) is 10.0. The molecular formula is C31H39N5O2. The number of nitrogens with zero attached hydrogens (tertiary/aromatic N) is 5. The van der Waals surface area contributed by atoms with Gasteiger partial charge in [0, 0.05) is 60.5 Å². The van der Waals surface area contributed by atoms with Crippen molar-refractivity contribution in [1.82, 2.24) is 15.0 Å². The van der Waals surface area contributed by atoms with Crippen molar-refractivity contribution in [2.75, 3.05) is 29.4 Å². The van der Waals surface area contributed by atoms with Gasteiger partial charge in [-0.2, -0.15) is 0 Å². The standard InChI is InChI=1S/C31H39N5O2/c1-19-15-27(34-22(4)32-19)36-12-9-23-16-24(7-8-25(23)18-36)29-21(3)33-20(2)26(17-28(37)38)30(29)35-13-10-31(5,6)11-14-35/h7-8,15-16H,9-14,17-18H2,1-6H3,(H,37,38). The van der Waals surface area contributed by atoms with Crippen molar-refractivity contribution in [1.29, 1.82) is 0 Å². The minimum absolute atomic E-state index is 0.0149. The molecule has 0 aliphatic carbocycles. The fraction of sp³-hybridized carbons (Fsp3) is 0.484. The lowest BCUT2D eigenvalue weighted by Gasteiger charge is -2.40. The first-order chi connectivity index (χ1) is 18.0. The molecule has 0 atom stereocenters. The van der Waals surface area contributed by atoms with Crippen LogP contribution in [0, 0.1) is 33.1 Å². The molecule has 7 nitrogen and oxygen atoms in total. The molecule has 0 amide bonds. The van der Waals surface area contributed by atoms with Crippen molar-refractivity contribution in [2.24, 2.45) is 5.41 Å². The molecular weight excluding hydrogens is 474 g/mol. The summed E-state index contributed by atoms with van der Waals surface area (Å²) in [5.74, 6) is 0.968. The SMILES string of the molecule is Cc1cc(N2CCc3cc(-c4c(C)nc(C)c(CC(=O)O)c4N4CCC(C)(C)CC4)ccc3C2)nc(C)n1. The largest absolute Gasteiger partial charge is 0.481 e. The van der Waals surface area contributed by atoms with Crippen LogP contribution in [0.15, 0.2) is 24.3 Å². The summed E-state index contributed by atoms with van der Waals surface area (Å²) in [5, 5.41) is 9.78. The van der Waals surface area contributed by atoms with E-state index >= 15 is 0 Å². The summed E-state index contributed by atoms with van der Waals surface area (Å²) in [5.41, 5.74) is 9.83. The first kappa shape index (κ1) is 26.1. The normalized spacial score (nSPS) is 16.9. The molecule has 5 rings (SSSR count). The number of aliphatic carboxylic acids is 1. The Bertz CT molecular complexity index is 1370. The molecule has 38 heavy (non-hydrogen) atoms. The molecule has 1 saturated heterocycles. The Labute approximate surface area is 226 Å². The molecule has 0 bridgehead atoms. The highest BCUT2D eigenvalue weighted by atomic mass is 16.4. The topological polar surface area (TPSA) is 82.5 Å². The lowest BCUT2D eigenvalue weighted by atomic mass is 9.82. The van der Waals surface area contributed by atoms with Gasteiger partial charge in [-0.3, -0.25) is 9.78 Å². The lowest BCUT2D eigenvalue weighted by Crippen LogP contribution is -2.38. The van der Waals surface area contributed by atoms with E-state index in [-0.39, 0.29) is 6.42 Å². The number of aryl methyl sites for hydroxylation is 4. The highest BCUT2D eigenvalue weighted by Gasteiger charge is 2.30. The Morgan fingerprint density at radius 1 is 0.921 bits per heavy atom. The van der Waals surface area contributed by atoms with Gasteiger partial charge in [0.1, 0.15) is 11.6 Å². The summed E-state index contributed by atoms with van der Waals surface area (Å²) in [4.78, 5) is 30.6. The molecule has 2 aliphatic rings. The maximum Gasteiger partial charge on any atom is 0.307 e. The van der Waals surface area contributed by atoms with Gasteiger partial charge in [0.15, 0.2) is 0 Å². The van der Waals surface area contributed by atoms with Gasteiger partial charge in [-0.05, 0) is 69.1 Å². The van der Waals surface area contributed by atoms with E-state index in [0.29, 0.717) is 5.41 Å². The average molecular weight is 514 g/mol. The van der Waals surface area contributed by atoms with Crippen LogP contribution in [0.4, 0.5) is 11.5 Å². The van der Waals surface area contributed by atoms with Gasteiger partial charge >= 0.3 is 5.97 Å². The number of rotatable bonds is 5. The Morgan fingerprint density at radius 3 is 2.34 bits per heavy atom. The van der Waals surface area contributed by atoms with E-state index in [2.05, 4.69) is 64.8 Å². The van der Waals surface area contributed by atoms with Crippen molar-refractivity contribution < 1.29 is 9.90 Å². The van der Waals surface area contributed by atoms with Crippen LogP contribution < -0.4 is 9.80 Å². The molecule has 0 unspecified atom stereocenters. The van der Waals surface area contributed by atoms with Crippen molar-refractivity contribution in [3.05, 3.63) is 63.9 Å². The van der Waals surface area contributed by atoms with Crippen LogP contribution in [0.5, 0.6) is 0 Å². The highest BCUT2D eigenvalue weighted by molar-refractivity contribution is 5.86. The van der Waals surface area contributed by atoms with Crippen LogP contribution in [0.3, 0.4) is 0 Å². The van der Waals surface area contributed by atoms with Crippen LogP contribution in [-0.4, -0.2) is 45.7 Å². The fourth-order valence-electron chi connectivity index (χ4n) is 6.03. The van der Waals surface area contributed by atoms with Gasteiger partial charge in [0.2, 0.25) is 0 Å². The predicted molar refractivity (Wildman–Crippen MR) is 152 cm³/mol. The number of piperidine rings is 1. The zero-order valence-electron chi connectivity index (χ0n) is 23.6. The molecule has 1 fully saturated rings. The average Bonchev–Trinajstić information content (AvgIpc) is 2.84. The summed E-state index contributed by atoms with van der Waals surface area (Å²) < 4.78 is 0. The molecule has 3 aromatic rings. The van der Waals surface area contributed by atoms with Crippen molar-refractivity contribution in [3.8, 4) is 11.1 Å². The van der Waals surface area contributed by atoms with Crippen molar-refractivity contribution in [2.45, 2.75) is 73.8 Å². The first-order valence-electron chi connectivity index (χ1n) is 13.7. The number of fused-ring (bicyclic) bond motifs is 1. The van der Waals surface area contributed by atoms with Crippen molar-refractivity contribution >= 4 is 17.5 Å². The first-order valence-corrected chi connectivity index (χ1v) is 13.7. The quantitative estimate of drug-likeness (QED) is 0.476. The van der Waals surface area contributed by atoms with Gasteiger partial charge in [0.05, 0.1) is 12.1 Å². The number of anilines is 2. The Morgan fingerprint density at radius 2 is 1.66 bits per heavy atom. The van der Waals surface area contributed by atoms with Gasteiger partial charge < -0.3 is 14.9 Å². The van der Waals surface area contributed by atoms with Crippen LogP contribution >= 0.6 is 0 Å². The fourth-order valence-corrected chi connectivity index (χ4v) is 6.03. The van der Waals surface area contributed by atoms with Crippen LogP contribution in [0.25, 0.3) is 11.1 Å². The summed E-state index contributed by atoms with van der Waals surface area (Å²) in [6.07, 6.45) is 3.08. The number of carboxylic acids is 1. The smallest absolute Gasteiger partial charge is 0.307 e. The molecule has 200 valence electrons. The molecule has 0 saturated carbocycles. The maximum absolute atomic E-state index is 11.9. The van der Waals surface area contributed by atoms with Gasteiger partial charge in [-0.25, -0.2) is 9.97 Å². The third kappa shape index (κ3) is 5.24. The molecule has 7 heteroatoms. The zero-order valence-corrected chi connectivity index (χ0v) is 23.6. The Hall–Kier alpha value is -3.48. The summed E-state index contributed by atoms with van der Waals surface area (Å²) >= 11 is 0. The van der Waals surface area contributed by atoms with E-state index in [1.807, 2.05) is 20.8 Å². The number of benzene rings is 1. The molecule has 2 aromatic heterocycles. The van der Waals surface area contributed by atoms with E-state index < -0.39 is 5.97 Å². The third-order valence-electron chi connectivity index (χ3n) is 8.20. The van der Waals surface area contributed by atoms with Gasteiger partial charge in [-0.15, -0.1) is 0 Å². The second-order valence-electron chi connectivity index (χ2n) is 11.8. The van der Waals surface area contributed by atoms with E-state index in [9.17, 15) is 9.90 Å². The summed E-state index contributed by atoms with van der Waals surface area (Å²) in [6.45, 7) is 16.2. The molecule has 1 N–H and O–H groups in total. The van der Waals surface area contributed by atoms with Crippen LogP contribution in [-0.2, 0) is 24.2 Å². The number of hydrogen-bond acceptors (Lipinski definition) is 6. The second-order valence-corrected chi connectivity index (χ2v) is 11.8. The predicted octanol–water partition coefficient (Wildman–Crippen LogP) is 5.59. The number of pyridine rings is 1. The molecule has 0 radical (unpaired) electrons. The Balaban J connectivity index is 1.55. The number of aromatic nitrogens is 3. The van der Waals surface area contributed by atoms with Crippen LogP contribution in [0.1, 0.15) is 66.3 Å². The van der Waals surface area contributed by atoms with E-state index in [4.69, 9.17) is 4.98 Å². The van der Waals surface area contributed by atoms with E-state index in [1.165, 1.54) is 11.1 Å². The van der Waals surface area contributed by atoms with E-state index in [0.717, 1.165) is 96.5 Å². The Kier molecular flexibility index (Phi) is 6.88. The molecule has 0 spiro atoms. The third-order valence-corrected chi connectivity index (χ3v) is 8.20. The zero-order chi connectivity index (χ0) is 27.2. The van der Waals surface area contributed by atoms with Crippen molar-refractivity contribution in [3.63, 3.8) is 0 Å². The molecule has 1 aromatic carbocycles. The van der Waals surface area contributed by atoms with Gasteiger partial charge in [0.25, 0.3) is 0 Å². The lowest BCUT2D eigenvalue weighted by molar-refractivity contribution is -0.136. The minimum atomic E-state index is -0.816. The molecule has 4 heterocycles. The summed E-state index contributed by atoms with van der Waals surface area (Å²) in [7, 11) is 0. The monoisotopic (exact) mass is 513 g/mol. The number of carboxylic acid groups (broad SMARTS) is 1. The van der Waals surface area contributed by atoms with Crippen LogP contribution in [0.2, 0.25) is 0 Å². The van der Waals surface area contributed by atoms with Gasteiger partial charge in [-0.1, -0.05) is 32.0 Å². The number of carbonyl (C=O) groups is 1. The number of hydrogen-bond donors (Lipinski definition) is 1. The highest BCUT2D eigenvalue weighted by Crippen LogP contribution is 2.42. The maximum atomic E-state index is 11.9. The summed E-state index contributed by atoms with van der Waals surface area (Å²) in [6, 6.07) is 8.80. The van der Waals surface area contributed by atoms with E-state index in [1.54, 1.807) is 0 Å². The molecule has 2 aliphatic heterocycles. The minimum Gasteiger partial charge on any atom is -0.481 e.